The van der Waals surface area contributed by atoms with Crippen molar-refractivity contribution in [1.29, 1.82) is 0 Å². The molecular weight excluding hydrogens is 362 g/mol. The summed E-state index contributed by atoms with van der Waals surface area (Å²) in [6.07, 6.45) is 1.54. The van der Waals surface area contributed by atoms with E-state index in [4.69, 9.17) is 0 Å². The van der Waals surface area contributed by atoms with Crippen molar-refractivity contribution in [2.75, 3.05) is 6.54 Å². The van der Waals surface area contributed by atoms with Crippen LogP contribution >= 0.6 is 0 Å². The van der Waals surface area contributed by atoms with Crippen LogP contribution in [0.4, 0.5) is 4.79 Å². The number of benzene rings is 3. The molecule has 1 heterocycles. The summed E-state index contributed by atoms with van der Waals surface area (Å²) < 4.78 is 0. The molecule has 0 spiro atoms. The zero-order valence-corrected chi connectivity index (χ0v) is 16.3. The van der Waals surface area contributed by atoms with E-state index in [-0.39, 0.29) is 11.9 Å². The molecule has 5 nitrogen and oxygen atoms in total. The summed E-state index contributed by atoms with van der Waals surface area (Å²) in [4.78, 5) is 27.1. The lowest BCUT2D eigenvalue weighted by Gasteiger charge is -2.24. The molecule has 1 saturated heterocycles. The third kappa shape index (κ3) is 4.40. The van der Waals surface area contributed by atoms with E-state index in [0.717, 1.165) is 28.3 Å². The smallest absolute Gasteiger partial charge is 0.318 e. The minimum Gasteiger partial charge on any atom is -0.350 e. The highest BCUT2D eigenvalue weighted by Gasteiger charge is 2.33. The number of nitrogens with zero attached hydrogens (tertiary/aromatic N) is 1. The molecule has 1 aliphatic rings. The first kappa shape index (κ1) is 19.0. The maximum Gasteiger partial charge on any atom is 0.318 e. The lowest BCUT2D eigenvalue weighted by atomic mass is 10.0. The molecule has 29 heavy (non-hydrogen) atoms. The van der Waals surface area contributed by atoms with Crippen LogP contribution in [0.5, 0.6) is 0 Å². The van der Waals surface area contributed by atoms with Crippen LogP contribution in [0, 0.1) is 0 Å². The number of rotatable bonds is 5. The minimum absolute atomic E-state index is 0.0911. The molecule has 148 valence electrons. The molecule has 0 unspecified atom stereocenters. The monoisotopic (exact) mass is 387 g/mol. The summed E-state index contributed by atoms with van der Waals surface area (Å²) >= 11 is 0. The van der Waals surface area contributed by atoms with Crippen molar-refractivity contribution in [2.24, 2.45) is 0 Å². The van der Waals surface area contributed by atoms with Gasteiger partial charge in [0.2, 0.25) is 5.91 Å². The van der Waals surface area contributed by atoms with Crippen LogP contribution in [0.15, 0.2) is 72.8 Å². The largest absolute Gasteiger partial charge is 0.350 e. The third-order valence-electron chi connectivity index (χ3n) is 5.44. The van der Waals surface area contributed by atoms with Crippen molar-refractivity contribution in [3.8, 4) is 0 Å². The second-order valence-corrected chi connectivity index (χ2v) is 7.35. The van der Waals surface area contributed by atoms with Gasteiger partial charge in [0.25, 0.3) is 0 Å². The maximum atomic E-state index is 12.8. The van der Waals surface area contributed by atoms with Crippen molar-refractivity contribution >= 4 is 22.7 Å². The van der Waals surface area contributed by atoms with E-state index in [9.17, 15) is 9.59 Å². The standard InChI is InChI=1S/C24H25N3O2/c28-23(25-16-18-8-2-1-3-9-18)22-14-7-15-27(22)24(29)26-17-20-12-6-11-19-10-4-5-13-21(19)20/h1-6,8-13,22H,7,14-17H2,(H,25,28)(H,26,29)/t22-/m0/s1. The first-order chi connectivity index (χ1) is 14.2. The first-order valence-electron chi connectivity index (χ1n) is 10.0. The van der Waals surface area contributed by atoms with Gasteiger partial charge in [-0.15, -0.1) is 0 Å². The van der Waals surface area contributed by atoms with Crippen LogP contribution in [0.25, 0.3) is 10.8 Å². The van der Waals surface area contributed by atoms with Crippen molar-refractivity contribution in [3.05, 3.63) is 83.9 Å². The van der Waals surface area contributed by atoms with Gasteiger partial charge >= 0.3 is 6.03 Å². The molecule has 4 rings (SSSR count). The van der Waals surface area contributed by atoms with Crippen LogP contribution in [-0.2, 0) is 17.9 Å². The van der Waals surface area contributed by atoms with Gasteiger partial charge in [-0.1, -0.05) is 72.8 Å². The Balaban J connectivity index is 1.36. The maximum absolute atomic E-state index is 12.8. The Labute approximate surface area is 170 Å². The highest BCUT2D eigenvalue weighted by atomic mass is 16.2. The van der Waals surface area contributed by atoms with E-state index >= 15 is 0 Å². The Morgan fingerprint density at radius 1 is 0.862 bits per heavy atom. The molecule has 2 N–H and O–H groups in total. The predicted molar refractivity (Wildman–Crippen MR) is 114 cm³/mol. The molecule has 0 bridgehead atoms. The van der Waals surface area contributed by atoms with Crippen LogP contribution < -0.4 is 10.6 Å². The number of fused-ring (bicyclic) bond motifs is 1. The molecule has 3 amide bonds. The molecule has 1 aliphatic heterocycles. The van der Waals surface area contributed by atoms with E-state index in [2.05, 4.69) is 28.8 Å². The minimum atomic E-state index is -0.411. The van der Waals surface area contributed by atoms with Gasteiger partial charge in [0.05, 0.1) is 0 Å². The van der Waals surface area contributed by atoms with E-state index in [0.29, 0.717) is 26.1 Å². The van der Waals surface area contributed by atoms with Gasteiger partial charge in [-0.05, 0) is 34.7 Å². The fraction of sp³-hybridized carbons (Fsp3) is 0.250. The first-order valence-corrected chi connectivity index (χ1v) is 10.0. The van der Waals surface area contributed by atoms with Crippen LogP contribution in [0.1, 0.15) is 24.0 Å². The number of hydrogen-bond acceptors (Lipinski definition) is 2. The normalized spacial score (nSPS) is 16.0. The van der Waals surface area contributed by atoms with E-state index < -0.39 is 6.04 Å². The van der Waals surface area contributed by atoms with Crippen LogP contribution in [0.3, 0.4) is 0 Å². The van der Waals surface area contributed by atoms with Crippen molar-refractivity contribution in [1.82, 2.24) is 15.5 Å². The van der Waals surface area contributed by atoms with Gasteiger partial charge < -0.3 is 15.5 Å². The molecule has 0 aromatic heterocycles. The predicted octanol–water partition coefficient (Wildman–Crippen LogP) is 3.83. The molecule has 0 aliphatic carbocycles. The number of carbonyl (C=O) groups excluding carboxylic acids is 2. The third-order valence-corrected chi connectivity index (χ3v) is 5.44. The molecule has 0 radical (unpaired) electrons. The van der Waals surface area contributed by atoms with Gasteiger partial charge in [-0.3, -0.25) is 4.79 Å². The van der Waals surface area contributed by atoms with Gasteiger partial charge in [0.15, 0.2) is 0 Å². The Morgan fingerprint density at radius 3 is 2.48 bits per heavy atom. The molecular formula is C24H25N3O2. The molecule has 3 aromatic carbocycles. The number of amides is 3. The fourth-order valence-electron chi connectivity index (χ4n) is 3.90. The molecule has 0 saturated carbocycles. The summed E-state index contributed by atoms with van der Waals surface area (Å²) in [6.45, 7) is 1.52. The number of urea groups is 1. The molecule has 1 fully saturated rings. The molecule has 1 atom stereocenters. The summed E-state index contributed by atoms with van der Waals surface area (Å²) in [6, 6.07) is 23.4. The van der Waals surface area contributed by atoms with Gasteiger partial charge in [0.1, 0.15) is 6.04 Å². The van der Waals surface area contributed by atoms with E-state index in [1.807, 2.05) is 54.6 Å². The molecule has 5 heteroatoms. The second-order valence-electron chi connectivity index (χ2n) is 7.35. The van der Waals surface area contributed by atoms with Crippen LogP contribution in [0.2, 0.25) is 0 Å². The fourth-order valence-corrected chi connectivity index (χ4v) is 3.90. The zero-order valence-electron chi connectivity index (χ0n) is 16.3. The average molecular weight is 387 g/mol. The van der Waals surface area contributed by atoms with Gasteiger partial charge in [-0.2, -0.15) is 0 Å². The summed E-state index contributed by atoms with van der Waals surface area (Å²) in [5.41, 5.74) is 2.12. The lowest BCUT2D eigenvalue weighted by molar-refractivity contribution is -0.124. The summed E-state index contributed by atoms with van der Waals surface area (Å²) in [5.74, 6) is -0.0911. The van der Waals surface area contributed by atoms with E-state index in [1.165, 1.54) is 0 Å². The highest BCUT2D eigenvalue weighted by Crippen LogP contribution is 2.20. The number of nitrogens with one attached hydrogen (secondary N) is 2. The van der Waals surface area contributed by atoms with E-state index in [1.54, 1.807) is 4.90 Å². The SMILES string of the molecule is O=C(NCc1ccccc1)[C@@H]1CCCN1C(=O)NCc1cccc2ccccc12. The Hall–Kier alpha value is -3.34. The average Bonchev–Trinajstić information content (AvgIpc) is 3.27. The second kappa shape index (κ2) is 8.78. The number of hydrogen-bond donors (Lipinski definition) is 2. The van der Waals surface area contributed by atoms with Crippen molar-refractivity contribution in [2.45, 2.75) is 32.0 Å². The van der Waals surface area contributed by atoms with Gasteiger partial charge in [-0.25, -0.2) is 4.79 Å². The Morgan fingerprint density at radius 2 is 1.62 bits per heavy atom. The highest BCUT2D eigenvalue weighted by molar-refractivity contribution is 5.88. The Bertz CT molecular complexity index is 998. The summed E-state index contributed by atoms with van der Waals surface area (Å²) in [5, 5.41) is 8.25. The molecule has 3 aromatic rings. The van der Waals surface area contributed by atoms with Crippen molar-refractivity contribution in [3.63, 3.8) is 0 Å². The summed E-state index contributed by atoms with van der Waals surface area (Å²) in [7, 11) is 0. The van der Waals surface area contributed by atoms with Crippen LogP contribution in [-0.4, -0.2) is 29.4 Å². The topological polar surface area (TPSA) is 61.4 Å². The quantitative estimate of drug-likeness (QED) is 0.699. The number of likely N-dealkylation sites (tertiary alicyclic amines) is 1. The van der Waals surface area contributed by atoms with Gasteiger partial charge in [0, 0.05) is 19.6 Å². The van der Waals surface area contributed by atoms with Crippen molar-refractivity contribution < 1.29 is 9.59 Å². The Kier molecular flexibility index (Phi) is 5.75. The lowest BCUT2D eigenvalue weighted by Crippen LogP contribution is -2.49. The number of carbonyl (C=O) groups is 2. The zero-order chi connectivity index (χ0) is 20.1.